The van der Waals surface area contributed by atoms with E-state index in [-0.39, 0.29) is 18.1 Å². The van der Waals surface area contributed by atoms with E-state index in [1.54, 1.807) is 6.07 Å². The summed E-state index contributed by atoms with van der Waals surface area (Å²) in [6, 6.07) is 26.0. The van der Waals surface area contributed by atoms with E-state index in [1.165, 1.54) is 11.6 Å². The SMILES string of the molecule is Cc1cccc(C)c1NC(=O)CNC(=O)C(C)OC(=O)c1cc(-c2ccccc2)nn1-c1ccccc1. The van der Waals surface area contributed by atoms with E-state index in [9.17, 15) is 14.4 Å². The fraction of sp³-hybridized carbons (Fsp3) is 0.172. The molecule has 0 aliphatic carbocycles. The average Bonchev–Trinajstić information content (AvgIpc) is 3.36. The number of hydrogen-bond acceptors (Lipinski definition) is 5. The zero-order valence-electron chi connectivity index (χ0n) is 20.9. The summed E-state index contributed by atoms with van der Waals surface area (Å²) in [4.78, 5) is 38.1. The Morgan fingerprint density at radius 1 is 0.892 bits per heavy atom. The maximum absolute atomic E-state index is 13.1. The number of aromatic nitrogens is 2. The van der Waals surface area contributed by atoms with Gasteiger partial charge in [-0.25, -0.2) is 9.48 Å². The Morgan fingerprint density at radius 3 is 2.16 bits per heavy atom. The van der Waals surface area contributed by atoms with Crippen molar-refractivity contribution in [2.75, 3.05) is 11.9 Å². The zero-order chi connectivity index (χ0) is 26.4. The van der Waals surface area contributed by atoms with Crippen LogP contribution in [0.5, 0.6) is 0 Å². The van der Waals surface area contributed by atoms with Gasteiger partial charge in [-0.2, -0.15) is 5.10 Å². The van der Waals surface area contributed by atoms with Crippen LogP contribution < -0.4 is 10.6 Å². The molecule has 0 bridgehead atoms. The van der Waals surface area contributed by atoms with Gasteiger partial charge in [0.1, 0.15) is 0 Å². The van der Waals surface area contributed by atoms with Gasteiger partial charge in [0, 0.05) is 11.3 Å². The number of rotatable bonds is 8. The molecule has 3 aromatic carbocycles. The molecule has 0 radical (unpaired) electrons. The van der Waals surface area contributed by atoms with Gasteiger partial charge in [0.15, 0.2) is 11.8 Å². The van der Waals surface area contributed by atoms with Gasteiger partial charge in [-0.1, -0.05) is 66.7 Å². The predicted molar refractivity (Wildman–Crippen MR) is 141 cm³/mol. The molecule has 37 heavy (non-hydrogen) atoms. The summed E-state index contributed by atoms with van der Waals surface area (Å²) in [5, 5.41) is 9.94. The van der Waals surface area contributed by atoms with Crippen molar-refractivity contribution in [2.24, 2.45) is 0 Å². The van der Waals surface area contributed by atoms with E-state index in [0.717, 1.165) is 16.7 Å². The highest BCUT2D eigenvalue weighted by Gasteiger charge is 2.24. The number of amides is 2. The summed E-state index contributed by atoms with van der Waals surface area (Å²) in [6.45, 7) is 4.99. The minimum absolute atomic E-state index is 0.178. The van der Waals surface area contributed by atoms with Crippen molar-refractivity contribution in [1.82, 2.24) is 15.1 Å². The molecule has 1 atom stereocenters. The second kappa shape index (κ2) is 11.3. The predicted octanol–water partition coefficient (Wildman–Crippen LogP) is 4.46. The van der Waals surface area contributed by atoms with E-state index < -0.39 is 18.0 Å². The van der Waals surface area contributed by atoms with E-state index in [4.69, 9.17) is 4.74 Å². The third-order valence-corrected chi connectivity index (χ3v) is 5.81. The number of aryl methyl sites for hydroxylation is 2. The highest BCUT2D eigenvalue weighted by atomic mass is 16.5. The first-order chi connectivity index (χ1) is 17.8. The molecule has 0 saturated carbocycles. The quantitative estimate of drug-likeness (QED) is 0.351. The first kappa shape index (κ1) is 25.4. The lowest BCUT2D eigenvalue weighted by molar-refractivity contribution is -0.130. The molecule has 0 fully saturated rings. The first-order valence-corrected chi connectivity index (χ1v) is 11.9. The molecule has 1 heterocycles. The number of nitrogens with one attached hydrogen (secondary N) is 2. The molecule has 0 aliphatic rings. The lowest BCUT2D eigenvalue weighted by Gasteiger charge is -2.15. The molecule has 8 heteroatoms. The first-order valence-electron chi connectivity index (χ1n) is 11.9. The van der Waals surface area contributed by atoms with Gasteiger partial charge >= 0.3 is 5.97 Å². The molecule has 0 spiro atoms. The fourth-order valence-electron chi connectivity index (χ4n) is 3.82. The molecule has 8 nitrogen and oxygen atoms in total. The monoisotopic (exact) mass is 496 g/mol. The van der Waals surface area contributed by atoms with E-state index >= 15 is 0 Å². The van der Waals surface area contributed by atoms with Crippen LogP contribution in [0.1, 0.15) is 28.5 Å². The van der Waals surface area contributed by atoms with Crippen LogP contribution in [-0.2, 0) is 14.3 Å². The van der Waals surface area contributed by atoms with Crippen LogP contribution in [0, 0.1) is 13.8 Å². The second-order valence-electron chi connectivity index (χ2n) is 8.61. The summed E-state index contributed by atoms with van der Waals surface area (Å²) in [5.74, 6) is -1.67. The largest absolute Gasteiger partial charge is 0.448 e. The summed E-state index contributed by atoms with van der Waals surface area (Å²) in [6.07, 6.45) is -1.13. The highest BCUT2D eigenvalue weighted by molar-refractivity contribution is 5.97. The number of anilines is 1. The van der Waals surface area contributed by atoms with Crippen LogP contribution in [0.25, 0.3) is 16.9 Å². The number of para-hydroxylation sites is 2. The Morgan fingerprint density at radius 2 is 1.51 bits per heavy atom. The number of hydrogen-bond donors (Lipinski definition) is 2. The van der Waals surface area contributed by atoms with Gasteiger partial charge < -0.3 is 15.4 Å². The Labute approximate surface area is 215 Å². The lowest BCUT2D eigenvalue weighted by Crippen LogP contribution is -2.40. The third-order valence-electron chi connectivity index (χ3n) is 5.81. The molecule has 4 aromatic rings. The molecule has 1 aromatic heterocycles. The number of ether oxygens (including phenoxy) is 1. The van der Waals surface area contributed by atoms with Crippen molar-refractivity contribution >= 4 is 23.5 Å². The molecule has 4 rings (SSSR count). The number of benzene rings is 3. The second-order valence-corrected chi connectivity index (χ2v) is 8.61. The molecule has 2 N–H and O–H groups in total. The standard InChI is InChI=1S/C29H28N4O4/c1-19-11-10-12-20(2)27(19)31-26(34)18-30-28(35)21(3)37-29(36)25-17-24(22-13-6-4-7-14-22)32-33(25)23-15-8-5-9-16-23/h4-17,21H,18H2,1-3H3,(H,30,35)(H,31,34). The fourth-order valence-corrected chi connectivity index (χ4v) is 3.82. The van der Waals surface area contributed by atoms with Crippen molar-refractivity contribution in [3.05, 3.63) is 102 Å². The Balaban J connectivity index is 1.43. The summed E-state index contributed by atoms with van der Waals surface area (Å²) in [7, 11) is 0. The van der Waals surface area contributed by atoms with Crippen molar-refractivity contribution in [3.8, 4) is 16.9 Å². The number of carbonyl (C=O) groups is 3. The summed E-state index contributed by atoms with van der Waals surface area (Å²) < 4.78 is 6.95. The van der Waals surface area contributed by atoms with Crippen molar-refractivity contribution in [3.63, 3.8) is 0 Å². The Kier molecular flexibility index (Phi) is 7.78. The van der Waals surface area contributed by atoms with Crippen molar-refractivity contribution < 1.29 is 19.1 Å². The van der Waals surface area contributed by atoms with E-state index in [2.05, 4.69) is 15.7 Å². The van der Waals surface area contributed by atoms with Crippen LogP contribution in [0.2, 0.25) is 0 Å². The third kappa shape index (κ3) is 6.10. The maximum atomic E-state index is 13.1. The van der Waals surface area contributed by atoms with Gasteiger partial charge in [0.05, 0.1) is 17.9 Å². The Bertz CT molecular complexity index is 1390. The topological polar surface area (TPSA) is 102 Å². The van der Waals surface area contributed by atoms with Crippen LogP contribution >= 0.6 is 0 Å². The minimum atomic E-state index is -1.13. The summed E-state index contributed by atoms with van der Waals surface area (Å²) >= 11 is 0. The molecular formula is C29H28N4O4. The van der Waals surface area contributed by atoms with Crippen LogP contribution in [0.3, 0.4) is 0 Å². The van der Waals surface area contributed by atoms with Crippen LogP contribution in [0.15, 0.2) is 84.9 Å². The van der Waals surface area contributed by atoms with Gasteiger partial charge in [-0.05, 0) is 50.1 Å². The summed E-state index contributed by atoms with van der Waals surface area (Å²) in [5.41, 5.74) is 4.85. The smallest absolute Gasteiger partial charge is 0.357 e. The van der Waals surface area contributed by atoms with Gasteiger partial charge in [-0.15, -0.1) is 0 Å². The van der Waals surface area contributed by atoms with E-state index in [1.807, 2.05) is 92.7 Å². The van der Waals surface area contributed by atoms with Gasteiger partial charge in [-0.3, -0.25) is 9.59 Å². The van der Waals surface area contributed by atoms with Crippen molar-refractivity contribution in [2.45, 2.75) is 26.9 Å². The minimum Gasteiger partial charge on any atom is -0.448 e. The molecule has 0 saturated heterocycles. The maximum Gasteiger partial charge on any atom is 0.357 e. The molecule has 0 aliphatic heterocycles. The average molecular weight is 497 g/mol. The van der Waals surface area contributed by atoms with Crippen molar-refractivity contribution in [1.29, 1.82) is 0 Å². The highest BCUT2D eigenvalue weighted by Crippen LogP contribution is 2.23. The molecular weight excluding hydrogens is 468 g/mol. The van der Waals surface area contributed by atoms with E-state index in [0.29, 0.717) is 17.1 Å². The van der Waals surface area contributed by atoms with Gasteiger partial charge in [0.2, 0.25) is 5.91 Å². The van der Waals surface area contributed by atoms with Crippen LogP contribution in [-0.4, -0.2) is 40.2 Å². The number of nitrogens with zero attached hydrogens (tertiary/aromatic N) is 2. The number of esters is 1. The molecule has 188 valence electrons. The normalized spacial score (nSPS) is 11.4. The Hall–Kier alpha value is -4.72. The molecule has 2 amide bonds. The van der Waals surface area contributed by atoms with Crippen LogP contribution in [0.4, 0.5) is 5.69 Å². The number of carbonyl (C=O) groups excluding carboxylic acids is 3. The molecule has 1 unspecified atom stereocenters. The zero-order valence-corrected chi connectivity index (χ0v) is 20.9. The lowest BCUT2D eigenvalue weighted by atomic mass is 10.1. The van der Waals surface area contributed by atoms with Gasteiger partial charge in [0.25, 0.3) is 5.91 Å².